The van der Waals surface area contributed by atoms with E-state index in [1.807, 2.05) is 37.3 Å². The number of carbonyl (C=O) groups is 1. The standard InChI is InChI=1S/C26H37NO3/c1-8-30-24(29)22(27-15-14-18-12-10-9-11-13-18)19-16-20(25(2,3)4)23(28)21(17-19)26(5,6)7/h9-13,16-17,22,27-28H,8,14-15H2,1-7H3. The maximum atomic E-state index is 12.8. The number of nitrogens with one attached hydrogen (secondary N) is 1. The number of phenolic OH excluding ortho intramolecular Hbond substituents is 1. The Morgan fingerprint density at radius 2 is 1.53 bits per heavy atom. The Balaban J connectivity index is 2.44. The number of esters is 1. The first-order valence-electron chi connectivity index (χ1n) is 10.8. The maximum absolute atomic E-state index is 12.8. The van der Waals surface area contributed by atoms with Crippen molar-refractivity contribution < 1.29 is 14.6 Å². The summed E-state index contributed by atoms with van der Waals surface area (Å²) in [5, 5.41) is 14.4. The van der Waals surface area contributed by atoms with Gasteiger partial charge < -0.3 is 15.2 Å². The molecule has 0 radical (unpaired) electrons. The zero-order chi connectivity index (χ0) is 22.5. The summed E-state index contributed by atoms with van der Waals surface area (Å²) in [6, 6.07) is 13.5. The van der Waals surface area contributed by atoms with Crippen LogP contribution in [0, 0.1) is 0 Å². The number of ether oxygens (including phenoxy) is 1. The molecular formula is C26H37NO3. The van der Waals surface area contributed by atoms with Gasteiger partial charge in [-0.1, -0.05) is 71.9 Å². The van der Waals surface area contributed by atoms with E-state index in [4.69, 9.17) is 4.74 Å². The molecule has 0 fully saturated rings. The lowest BCUT2D eigenvalue weighted by molar-refractivity contribution is -0.145. The van der Waals surface area contributed by atoms with E-state index in [2.05, 4.69) is 59.0 Å². The molecule has 0 aliphatic rings. The van der Waals surface area contributed by atoms with E-state index >= 15 is 0 Å². The molecule has 2 rings (SSSR count). The van der Waals surface area contributed by atoms with Crippen molar-refractivity contribution in [2.45, 2.75) is 71.8 Å². The van der Waals surface area contributed by atoms with E-state index in [0.29, 0.717) is 18.9 Å². The molecule has 1 unspecified atom stereocenters. The largest absolute Gasteiger partial charge is 0.507 e. The Morgan fingerprint density at radius 1 is 1.00 bits per heavy atom. The van der Waals surface area contributed by atoms with Gasteiger partial charge in [-0.2, -0.15) is 0 Å². The van der Waals surface area contributed by atoms with Crippen LogP contribution in [0.15, 0.2) is 42.5 Å². The highest BCUT2D eigenvalue weighted by molar-refractivity contribution is 5.78. The molecule has 0 aliphatic carbocycles. The van der Waals surface area contributed by atoms with Crippen molar-refractivity contribution in [2.24, 2.45) is 0 Å². The Labute approximate surface area is 181 Å². The fourth-order valence-electron chi connectivity index (χ4n) is 3.54. The maximum Gasteiger partial charge on any atom is 0.327 e. The fraction of sp³-hybridized carbons (Fsp3) is 0.500. The highest BCUT2D eigenvalue weighted by atomic mass is 16.5. The molecule has 0 aromatic heterocycles. The molecular weight excluding hydrogens is 374 g/mol. The van der Waals surface area contributed by atoms with E-state index in [0.717, 1.165) is 23.1 Å². The number of carbonyl (C=O) groups excluding carboxylic acids is 1. The van der Waals surface area contributed by atoms with Crippen molar-refractivity contribution in [2.75, 3.05) is 13.2 Å². The molecule has 0 amide bonds. The van der Waals surface area contributed by atoms with Crippen LogP contribution in [0.25, 0.3) is 0 Å². The summed E-state index contributed by atoms with van der Waals surface area (Å²) in [5.74, 6) is 0.0154. The smallest absolute Gasteiger partial charge is 0.327 e. The average Bonchev–Trinajstić information content (AvgIpc) is 2.65. The van der Waals surface area contributed by atoms with Gasteiger partial charge in [0.1, 0.15) is 11.8 Å². The number of benzene rings is 2. The van der Waals surface area contributed by atoms with E-state index in [9.17, 15) is 9.90 Å². The second-order valence-electron chi connectivity index (χ2n) is 9.84. The summed E-state index contributed by atoms with van der Waals surface area (Å²) >= 11 is 0. The number of phenols is 1. The Kier molecular flexibility index (Phi) is 7.70. The first-order valence-corrected chi connectivity index (χ1v) is 10.8. The van der Waals surface area contributed by atoms with E-state index in [-0.39, 0.29) is 16.8 Å². The van der Waals surface area contributed by atoms with Crippen LogP contribution in [0.5, 0.6) is 5.75 Å². The molecule has 4 heteroatoms. The Bertz CT molecular complexity index is 810. The molecule has 0 spiro atoms. The predicted octanol–water partition coefficient (Wildman–Crippen LogP) is 5.42. The van der Waals surface area contributed by atoms with Gasteiger partial charge in [-0.05, 0) is 58.6 Å². The van der Waals surface area contributed by atoms with Crippen molar-refractivity contribution in [3.8, 4) is 5.75 Å². The molecule has 2 N–H and O–H groups in total. The molecule has 164 valence electrons. The summed E-state index contributed by atoms with van der Waals surface area (Å²) < 4.78 is 5.38. The van der Waals surface area contributed by atoms with Gasteiger partial charge >= 0.3 is 5.97 Å². The third-order valence-electron chi connectivity index (χ3n) is 5.21. The van der Waals surface area contributed by atoms with Crippen molar-refractivity contribution in [1.82, 2.24) is 5.32 Å². The minimum atomic E-state index is -0.587. The monoisotopic (exact) mass is 411 g/mol. The highest BCUT2D eigenvalue weighted by Gasteiger charge is 2.30. The fourth-order valence-corrected chi connectivity index (χ4v) is 3.54. The third-order valence-corrected chi connectivity index (χ3v) is 5.21. The van der Waals surface area contributed by atoms with Crippen LogP contribution in [0.3, 0.4) is 0 Å². The third kappa shape index (κ3) is 6.09. The van der Waals surface area contributed by atoms with Gasteiger partial charge in [-0.15, -0.1) is 0 Å². The zero-order valence-corrected chi connectivity index (χ0v) is 19.5. The van der Waals surface area contributed by atoms with Crippen molar-refractivity contribution in [1.29, 1.82) is 0 Å². The van der Waals surface area contributed by atoms with E-state index in [1.165, 1.54) is 5.56 Å². The second-order valence-corrected chi connectivity index (χ2v) is 9.84. The SMILES string of the molecule is CCOC(=O)C(NCCc1ccccc1)c1cc(C(C)(C)C)c(O)c(C(C)(C)C)c1. The summed E-state index contributed by atoms with van der Waals surface area (Å²) in [6.45, 7) is 15.2. The van der Waals surface area contributed by atoms with Crippen LogP contribution in [-0.2, 0) is 26.8 Å². The number of hydrogen-bond donors (Lipinski definition) is 2. The van der Waals surface area contributed by atoms with Crippen molar-refractivity contribution in [3.05, 3.63) is 64.7 Å². The van der Waals surface area contributed by atoms with Crippen LogP contribution in [-0.4, -0.2) is 24.2 Å². The predicted molar refractivity (Wildman–Crippen MR) is 123 cm³/mol. The molecule has 0 saturated carbocycles. The van der Waals surface area contributed by atoms with Crippen molar-refractivity contribution in [3.63, 3.8) is 0 Å². The van der Waals surface area contributed by atoms with Crippen LogP contribution >= 0.6 is 0 Å². The number of aromatic hydroxyl groups is 1. The summed E-state index contributed by atoms with van der Waals surface area (Å²) in [4.78, 5) is 12.8. The van der Waals surface area contributed by atoms with Gasteiger partial charge in [0.25, 0.3) is 0 Å². The Morgan fingerprint density at radius 3 is 2.00 bits per heavy atom. The molecule has 0 bridgehead atoms. The van der Waals surface area contributed by atoms with Gasteiger partial charge in [-0.25, -0.2) is 4.79 Å². The highest BCUT2D eigenvalue weighted by Crippen LogP contribution is 2.41. The minimum absolute atomic E-state index is 0.261. The first-order chi connectivity index (χ1) is 13.9. The summed E-state index contributed by atoms with van der Waals surface area (Å²) in [5.41, 5.74) is 3.19. The van der Waals surface area contributed by atoms with Crippen LogP contribution < -0.4 is 5.32 Å². The molecule has 4 nitrogen and oxygen atoms in total. The summed E-state index contributed by atoms with van der Waals surface area (Å²) in [6.07, 6.45) is 0.813. The van der Waals surface area contributed by atoms with Crippen LogP contribution in [0.1, 0.15) is 76.8 Å². The van der Waals surface area contributed by atoms with Gasteiger partial charge in [0.05, 0.1) is 6.61 Å². The van der Waals surface area contributed by atoms with Gasteiger partial charge in [0, 0.05) is 6.54 Å². The lowest BCUT2D eigenvalue weighted by Crippen LogP contribution is -2.32. The van der Waals surface area contributed by atoms with Gasteiger partial charge in [0.2, 0.25) is 0 Å². The Hall–Kier alpha value is -2.33. The van der Waals surface area contributed by atoms with Crippen molar-refractivity contribution >= 4 is 5.97 Å². The molecule has 1 atom stereocenters. The zero-order valence-electron chi connectivity index (χ0n) is 19.5. The van der Waals surface area contributed by atoms with Gasteiger partial charge in [0.15, 0.2) is 0 Å². The first kappa shape index (κ1) is 23.9. The topological polar surface area (TPSA) is 58.6 Å². The van der Waals surface area contributed by atoms with Gasteiger partial charge in [-0.3, -0.25) is 0 Å². The second kappa shape index (κ2) is 9.65. The number of rotatable bonds is 7. The molecule has 0 aliphatic heterocycles. The quantitative estimate of drug-likeness (QED) is 0.597. The summed E-state index contributed by atoms with van der Waals surface area (Å²) in [7, 11) is 0. The lowest BCUT2D eigenvalue weighted by Gasteiger charge is -2.29. The lowest BCUT2D eigenvalue weighted by atomic mass is 9.77. The molecule has 2 aromatic rings. The minimum Gasteiger partial charge on any atom is -0.507 e. The normalized spacial score (nSPS) is 13.2. The molecule has 2 aromatic carbocycles. The van der Waals surface area contributed by atoms with Crippen LogP contribution in [0.4, 0.5) is 0 Å². The van der Waals surface area contributed by atoms with Crippen LogP contribution in [0.2, 0.25) is 0 Å². The molecule has 30 heavy (non-hydrogen) atoms. The average molecular weight is 412 g/mol. The molecule has 0 saturated heterocycles. The van der Waals surface area contributed by atoms with E-state index in [1.54, 1.807) is 0 Å². The molecule has 0 heterocycles. The number of hydrogen-bond acceptors (Lipinski definition) is 4. The van der Waals surface area contributed by atoms with E-state index < -0.39 is 6.04 Å².